The van der Waals surface area contributed by atoms with Crippen LogP contribution in [-0.2, 0) is 0 Å². The minimum absolute atomic E-state index is 0.417. The SMILES string of the molecule is CC(CCl)Sc1ccc(Br)cn1. The van der Waals surface area contributed by atoms with Crippen LogP contribution in [0.3, 0.4) is 0 Å². The summed E-state index contributed by atoms with van der Waals surface area (Å²) in [7, 11) is 0. The van der Waals surface area contributed by atoms with Crippen molar-refractivity contribution in [3.8, 4) is 0 Å². The number of pyridine rings is 1. The average Bonchev–Trinajstić information content (AvgIpc) is 2.09. The highest BCUT2D eigenvalue weighted by Crippen LogP contribution is 2.22. The summed E-state index contributed by atoms with van der Waals surface area (Å²) < 4.78 is 1.00. The molecule has 1 heterocycles. The lowest BCUT2D eigenvalue weighted by Crippen LogP contribution is -1.97. The van der Waals surface area contributed by atoms with Crippen LogP contribution in [0.4, 0.5) is 0 Å². The van der Waals surface area contributed by atoms with Gasteiger partial charge < -0.3 is 0 Å². The van der Waals surface area contributed by atoms with Crippen molar-refractivity contribution in [2.45, 2.75) is 17.2 Å². The Morgan fingerprint density at radius 2 is 2.42 bits per heavy atom. The summed E-state index contributed by atoms with van der Waals surface area (Å²) in [6.07, 6.45) is 1.79. The van der Waals surface area contributed by atoms with Crippen molar-refractivity contribution >= 4 is 39.3 Å². The van der Waals surface area contributed by atoms with Crippen LogP contribution < -0.4 is 0 Å². The third-order valence-corrected chi connectivity index (χ3v) is 3.41. The minimum Gasteiger partial charge on any atom is -0.249 e. The molecule has 12 heavy (non-hydrogen) atoms. The summed E-state index contributed by atoms with van der Waals surface area (Å²) in [5.41, 5.74) is 0. The summed E-state index contributed by atoms with van der Waals surface area (Å²) in [5.74, 6) is 0.655. The van der Waals surface area contributed by atoms with Gasteiger partial charge in [0, 0.05) is 21.8 Å². The normalized spacial score (nSPS) is 12.9. The number of thioether (sulfide) groups is 1. The van der Waals surface area contributed by atoms with Crippen molar-refractivity contribution < 1.29 is 0 Å². The first-order valence-corrected chi connectivity index (χ1v) is 5.77. The smallest absolute Gasteiger partial charge is 0.0963 e. The zero-order valence-corrected chi connectivity index (χ0v) is 9.79. The van der Waals surface area contributed by atoms with Gasteiger partial charge in [0.25, 0.3) is 0 Å². The van der Waals surface area contributed by atoms with Gasteiger partial charge in [-0.1, -0.05) is 6.92 Å². The fraction of sp³-hybridized carbons (Fsp3) is 0.375. The Balaban J connectivity index is 2.58. The molecule has 0 radical (unpaired) electrons. The van der Waals surface area contributed by atoms with Gasteiger partial charge in [-0.25, -0.2) is 4.98 Å². The van der Waals surface area contributed by atoms with Crippen LogP contribution in [0, 0.1) is 0 Å². The molecule has 0 spiro atoms. The van der Waals surface area contributed by atoms with Gasteiger partial charge in [-0.15, -0.1) is 23.4 Å². The second kappa shape index (κ2) is 5.10. The summed E-state index contributed by atoms with van der Waals surface area (Å²) in [6.45, 7) is 2.08. The molecule has 0 N–H and O–H groups in total. The summed E-state index contributed by atoms with van der Waals surface area (Å²) >= 11 is 10.7. The van der Waals surface area contributed by atoms with Gasteiger partial charge >= 0.3 is 0 Å². The van der Waals surface area contributed by atoms with Crippen LogP contribution >= 0.6 is 39.3 Å². The number of hydrogen-bond donors (Lipinski definition) is 0. The number of aromatic nitrogens is 1. The van der Waals surface area contributed by atoms with Crippen molar-refractivity contribution in [3.05, 3.63) is 22.8 Å². The lowest BCUT2D eigenvalue weighted by molar-refractivity contribution is 1.07. The highest BCUT2D eigenvalue weighted by molar-refractivity contribution is 9.10. The van der Waals surface area contributed by atoms with Crippen molar-refractivity contribution in [1.29, 1.82) is 0 Å². The average molecular weight is 267 g/mol. The fourth-order valence-electron chi connectivity index (χ4n) is 0.670. The third kappa shape index (κ3) is 3.33. The van der Waals surface area contributed by atoms with E-state index in [9.17, 15) is 0 Å². The number of alkyl halides is 1. The van der Waals surface area contributed by atoms with Gasteiger partial charge in [0.1, 0.15) is 0 Å². The molecule has 1 aromatic rings. The Morgan fingerprint density at radius 3 is 2.92 bits per heavy atom. The Hall–Kier alpha value is 0.270. The maximum atomic E-state index is 5.68. The van der Waals surface area contributed by atoms with Crippen LogP contribution in [0.1, 0.15) is 6.92 Å². The first-order chi connectivity index (χ1) is 5.72. The van der Waals surface area contributed by atoms with Crippen LogP contribution in [0.15, 0.2) is 27.8 Å². The molecule has 66 valence electrons. The Kier molecular flexibility index (Phi) is 4.40. The number of hydrogen-bond acceptors (Lipinski definition) is 2. The van der Waals surface area contributed by atoms with Gasteiger partial charge in [0.05, 0.1) is 5.03 Å². The van der Waals surface area contributed by atoms with Crippen molar-refractivity contribution in [2.24, 2.45) is 0 Å². The molecule has 0 amide bonds. The van der Waals surface area contributed by atoms with E-state index >= 15 is 0 Å². The van der Waals surface area contributed by atoms with Crippen LogP contribution in [-0.4, -0.2) is 16.1 Å². The number of halogens is 2. The van der Waals surface area contributed by atoms with Crippen molar-refractivity contribution in [1.82, 2.24) is 4.98 Å². The predicted octanol–water partition coefficient (Wildman–Crippen LogP) is 3.56. The molecule has 0 aliphatic carbocycles. The Labute approximate surface area is 90.0 Å². The van der Waals surface area contributed by atoms with Crippen LogP contribution in [0.25, 0.3) is 0 Å². The molecule has 0 aromatic carbocycles. The van der Waals surface area contributed by atoms with E-state index in [0.29, 0.717) is 11.1 Å². The fourth-order valence-corrected chi connectivity index (χ4v) is 1.83. The molecule has 1 atom stereocenters. The second-order valence-electron chi connectivity index (χ2n) is 2.40. The van der Waals surface area contributed by atoms with Crippen molar-refractivity contribution in [3.63, 3.8) is 0 Å². The number of nitrogens with zero attached hydrogens (tertiary/aromatic N) is 1. The van der Waals surface area contributed by atoms with Gasteiger partial charge in [-0.05, 0) is 28.1 Å². The molecule has 1 rings (SSSR count). The highest BCUT2D eigenvalue weighted by atomic mass is 79.9. The van der Waals surface area contributed by atoms with Crippen LogP contribution in [0.5, 0.6) is 0 Å². The molecule has 0 saturated carbocycles. The molecule has 0 aliphatic heterocycles. The highest BCUT2D eigenvalue weighted by Gasteiger charge is 2.02. The Bertz CT molecular complexity index is 239. The minimum atomic E-state index is 0.417. The molecule has 0 bridgehead atoms. The predicted molar refractivity (Wildman–Crippen MR) is 58.0 cm³/mol. The molecule has 0 aliphatic rings. The molecule has 0 fully saturated rings. The van der Waals surface area contributed by atoms with Crippen LogP contribution in [0.2, 0.25) is 0 Å². The summed E-state index contributed by atoms with van der Waals surface area (Å²) in [6, 6.07) is 3.97. The zero-order chi connectivity index (χ0) is 8.97. The van der Waals surface area contributed by atoms with E-state index in [1.807, 2.05) is 12.1 Å². The van der Waals surface area contributed by atoms with E-state index in [-0.39, 0.29) is 0 Å². The van der Waals surface area contributed by atoms with Gasteiger partial charge in [-0.3, -0.25) is 0 Å². The van der Waals surface area contributed by atoms with E-state index in [2.05, 4.69) is 27.8 Å². The molecule has 1 nitrogen and oxygen atoms in total. The van der Waals surface area contributed by atoms with Gasteiger partial charge in [-0.2, -0.15) is 0 Å². The molecule has 0 saturated heterocycles. The summed E-state index contributed by atoms with van der Waals surface area (Å²) in [4.78, 5) is 4.22. The monoisotopic (exact) mass is 265 g/mol. The van der Waals surface area contributed by atoms with E-state index in [1.165, 1.54) is 0 Å². The largest absolute Gasteiger partial charge is 0.249 e. The lowest BCUT2D eigenvalue weighted by Gasteiger charge is -2.05. The third-order valence-electron chi connectivity index (χ3n) is 1.24. The van der Waals surface area contributed by atoms with E-state index in [1.54, 1.807) is 18.0 Å². The van der Waals surface area contributed by atoms with Gasteiger partial charge in [0.15, 0.2) is 0 Å². The molecular weight excluding hydrogens is 258 g/mol. The lowest BCUT2D eigenvalue weighted by atomic mass is 10.5. The van der Waals surface area contributed by atoms with E-state index < -0.39 is 0 Å². The molecule has 1 aromatic heterocycles. The summed E-state index contributed by atoms with van der Waals surface area (Å²) in [5, 5.41) is 1.44. The second-order valence-corrected chi connectivity index (χ2v) is 5.08. The van der Waals surface area contributed by atoms with E-state index in [0.717, 1.165) is 9.50 Å². The zero-order valence-electron chi connectivity index (χ0n) is 6.63. The van der Waals surface area contributed by atoms with Gasteiger partial charge in [0.2, 0.25) is 0 Å². The topological polar surface area (TPSA) is 12.9 Å². The quantitative estimate of drug-likeness (QED) is 0.613. The number of rotatable bonds is 3. The maximum absolute atomic E-state index is 5.68. The molecule has 1 unspecified atom stereocenters. The standard InChI is InChI=1S/C8H9BrClNS/c1-6(4-10)12-8-3-2-7(9)5-11-8/h2-3,5-6H,4H2,1H3. The molecule has 4 heteroatoms. The Morgan fingerprint density at radius 1 is 1.67 bits per heavy atom. The molecular formula is C8H9BrClNS. The first-order valence-electron chi connectivity index (χ1n) is 3.56. The van der Waals surface area contributed by atoms with Crippen molar-refractivity contribution in [2.75, 3.05) is 5.88 Å². The van der Waals surface area contributed by atoms with E-state index in [4.69, 9.17) is 11.6 Å². The maximum Gasteiger partial charge on any atom is 0.0963 e. The first kappa shape index (κ1) is 10.4.